The van der Waals surface area contributed by atoms with E-state index in [1.54, 1.807) is 32.6 Å². The van der Waals surface area contributed by atoms with Crippen molar-refractivity contribution >= 4 is 17.8 Å². The fourth-order valence-corrected chi connectivity index (χ4v) is 4.70. The van der Waals surface area contributed by atoms with Crippen LogP contribution < -0.4 is 5.32 Å². The molecule has 0 aromatic carbocycles. The second-order valence-electron chi connectivity index (χ2n) is 9.32. The first-order chi connectivity index (χ1) is 15.3. The lowest BCUT2D eigenvalue weighted by Crippen LogP contribution is -2.45. The van der Waals surface area contributed by atoms with Crippen LogP contribution in [-0.2, 0) is 9.53 Å². The molecule has 1 aliphatic heterocycles. The van der Waals surface area contributed by atoms with E-state index in [0.717, 1.165) is 32.1 Å². The highest BCUT2D eigenvalue weighted by Crippen LogP contribution is 2.24. The normalized spacial score (nSPS) is 19.0. The van der Waals surface area contributed by atoms with Crippen LogP contribution in [0.25, 0.3) is 0 Å². The van der Waals surface area contributed by atoms with Crippen LogP contribution in [0.1, 0.15) is 90.9 Å². The molecule has 176 valence electrons. The predicted molar refractivity (Wildman–Crippen MR) is 124 cm³/mol. The molecule has 3 rings (SSSR count). The van der Waals surface area contributed by atoms with E-state index >= 15 is 0 Å². The zero-order valence-corrected chi connectivity index (χ0v) is 19.9. The number of H-pyrrole nitrogens is 1. The Morgan fingerprint density at radius 3 is 2.69 bits per heavy atom. The number of aromatic nitrogens is 1. The van der Waals surface area contributed by atoms with Crippen molar-refractivity contribution in [2.24, 2.45) is 5.92 Å². The molecule has 1 aromatic rings. The summed E-state index contributed by atoms with van der Waals surface area (Å²) < 4.78 is 5.33. The summed E-state index contributed by atoms with van der Waals surface area (Å²) in [6, 6.07) is 0. The molecule has 1 aliphatic carbocycles. The molecule has 1 fully saturated rings. The van der Waals surface area contributed by atoms with Gasteiger partial charge in [0.15, 0.2) is 0 Å². The lowest BCUT2D eigenvalue weighted by Gasteiger charge is -2.32. The molecule has 1 atom stereocenters. The van der Waals surface area contributed by atoms with Crippen molar-refractivity contribution in [1.29, 1.82) is 0 Å². The lowest BCUT2D eigenvalue weighted by atomic mass is 9.95. The summed E-state index contributed by atoms with van der Waals surface area (Å²) in [7, 11) is 0. The first-order valence-electron chi connectivity index (χ1n) is 11.9. The first kappa shape index (κ1) is 24.1. The number of aromatic amines is 1. The monoisotopic (exact) mass is 443 g/mol. The number of hydrogen-bond acceptors (Lipinski definition) is 4. The average molecular weight is 444 g/mol. The summed E-state index contributed by atoms with van der Waals surface area (Å²) >= 11 is 0. The van der Waals surface area contributed by atoms with E-state index in [1.165, 1.54) is 18.4 Å². The highest BCUT2D eigenvalue weighted by molar-refractivity contribution is 6.00. The van der Waals surface area contributed by atoms with Crippen LogP contribution in [0.2, 0.25) is 0 Å². The fraction of sp³-hybridized carbons (Fsp3) is 0.640. The minimum Gasteiger partial charge on any atom is -0.459 e. The molecule has 2 aliphatic rings. The van der Waals surface area contributed by atoms with Gasteiger partial charge in [0.25, 0.3) is 5.91 Å². The minimum atomic E-state index is -0.422. The van der Waals surface area contributed by atoms with Crippen molar-refractivity contribution in [1.82, 2.24) is 15.2 Å². The van der Waals surface area contributed by atoms with E-state index in [0.29, 0.717) is 42.1 Å². The molecule has 0 bridgehead atoms. The molecule has 1 saturated heterocycles. The smallest absolute Gasteiger partial charge is 0.340 e. The molecule has 32 heavy (non-hydrogen) atoms. The Kier molecular flexibility index (Phi) is 8.15. The van der Waals surface area contributed by atoms with Crippen molar-refractivity contribution in [2.45, 2.75) is 78.7 Å². The summed E-state index contributed by atoms with van der Waals surface area (Å²) in [5, 5.41) is 3.07. The molecule has 1 aromatic heterocycles. The third-order valence-corrected chi connectivity index (χ3v) is 6.41. The van der Waals surface area contributed by atoms with E-state index < -0.39 is 5.97 Å². The number of carbonyl (C=O) groups is 3. The van der Waals surface area contributed by atoms with E-state index in [9.17, 15) is 14.4 Å². The fourth-order valence-electron chi connectivity index (χ4n) is 4.70. The Labute approximate surface area is 191 Å². The number of ether oxygens (including phenoxy) is 1. The number of nitrogens with zero attached hydrogens (tertiary/aromatic N) is 1. The zero-order valence-electron chi connectivity index (χ0n) is 19.9. The van der Waals surface area contributed by atoms with Gasteiger partial charge in [-0.25, -0.2) is 4.79 Å². The van der Waals surface area contributed by atoms with Crippen molar-refractivity contribution in [2.75, 3.05) is 19.6 Å². The van der Waals surface area contributed by atoms with Gasteiger partial charge in [0.2, 0.25) is 5.91 Å². The number of likely N-dealkylation sites (tertiary alicyclic amines) is 1. The van der Waals surface area contributed by atoms with Crippen molar-refractivity contribution in [3.8, 4) is 0 Å². The van der Waals surface area contributed by atoms with Gasteiger partial charge in [-0.3, -0.25) is 9.59 Å². The number of esters is 1. The Morgan fingerprint density at radius 2 is 2.00 bits per heavy atom. The maximum absolute atomic E-state index is 13.2. The molecule has 1 unspecified atom stereocenters. The highest BCUT2D eigenvalue weighted by Gasteiger charge is 2.32. The van der Waals surface area contributed by atoms with Crippen LogP contribution >= 0.6 is 0 Å². The summed E-state index contributed by atoms with van der Waals surface area (Å²) in [6.07, 6.45) is 9.37. The summed E-state index contributed by atoms with van der Waals surface area (Å²) in [6.45, 7) is 8.80. The summed E-state index contributed by atoms with van der Waals surface area (Å²) in [5.74, 6) is -0.761. The van der Waals surface area contributed by atoms with Crippen molar-refractivity contribution in [3.63, 3.8) is 0 Å². The first-order valence-corrected chi connectivity index (χ1v) is 11.9. The van der Waals surface area contributed by atoms with Gasteiger partial charge in [0.1, 0.15) is 5.69 Å². The quantitative estimate of drug-likeness (QED) is 0.491. The van der Waals surface area contributed by atoms with Crippen molar-refractivity contribution in [3.05, 3.63) is 34.2 Å². The standard InChI is InChI=1S/C25H37N3O4/c1-16(2)32-25(31)21-17(3)22(27-18(21)4)24(30)28-14-8-11-20(15-28)23(29)26-13-12-19-9-6-5-7-10-19/h9,16,20,27H,5-8,10-15H2,1-4H3,(H,26,29). The molecular formula is C25H37N3O4. The van der Waals surface area contributed by atoms with E-state index in [-0.39, 0.29) is 23.8 Å². The Morgan fingerprint density at radius 1 is 1.22 bits per heavy atom. The second kappa shape index (κ2) is 10.8. The molecule has 2 amide bonds. The largest absolute Gasteiger partial charge is 0.459 e. The number of aryl methyl sites for hydroxylation is 1. The van der Waals surface area contributed by atoms with Crippen LogP contribution in [-0.4, -0.2) is 53.4 Å². The molecule has 2 N–H and O–H groups in total. The van der Waals surface area contributed by atoms with Crippen molar-refractivity contribution < 1.29 is 19.1 Å². The molecule has 2 heterocycles. The van der Waals surface area contributed by atoms with Gasteiger partial charge in [-0.2, -0.15) is 0 Å². The number of piperidine rings is 1. The number of rotatable bonds is 7. The summed E-state index contributed by atoms with van der Waals surface area (Å²) in [4.78, 5) is 43.2. The Balaban J connectivity index is 1.60. The third kappa shape index (κ3) is 5.81. The van der Waals surface area contributed by atoms with E-state index in [2.05, 4.69) is 16.4 Å². The Bertz CT molecular complexity index is 884. The number of amides is 2. The molecule has 7 nitrogen and oxygen atoms in total. The van der Waals surface area contributed by atoms with Gasteiger partial charge in [0, 0.05) is 25.3 Å². The topological polar surface area (TPSA) is 91.5 Å². The van der Waals surface area contributed by atoms with Crippen LogP contribution in [0.15, 0.2) is 11.6 Å². The number of allylic oxidation sites excluding steroid dienone is 1. The van der Waals surface area contributed by atoms with Gasteiger partial charge in [-0.05, 0) is 78.2 Å². The van der Waals surface area contributed by atoms with Gasteiger partial charge in [0.05, 0.1) is 17.6 Å². The van der Waals surface area contributed by atoms with Gasteiger partial charge >= 0.3 is 5.97 Å². The SMILES string of the molecule is Cc1[nH]c(C(=O)N2CCCC(C(=O)NCCC3=CCCCC3)C2)c(C)c1C(=O)OC(C)C. The van der Waals surface area contributed by atoms with E-state index in [1.807, 2.05) is 0 Å². The number of hydrogen-bond donors (Lipinski definition) is 2. The lowest BCUT2D eigenvalue weighted by molar-refractivity contribution is -0.126. The zero-order chi connectivity index (χ0) is 23.3. The predicted octanol–water partition coefficient (Wildman–Crippen LogP) is 4.06. The van der Waals surface area contributed by atoms with Crippen LogP contribution in [0.4, 0.5) is 0 Å². The van der Waals surface area contributed by atoms with E-state index in [4.69, 9.17) is 4.74 Å². The van der Waals surface area contributed by atoms with Crippen LogP contribution in [0.5, 0.6) is 0 Å². The maximum atomic E-state index is 13.2. The second-order valence-corrected chi connectivity index (χ2v) is 9.32. The molecular weight excluding hydrogens is 406 g/mol. The minimum absolute atomic E-state index is 0.0273. The maximum Gasteiger partial charge on any atom is 0.340 e. The molecule has 0 saturated carbocycles. The van der Waals surface area contributed by atoms with Gasteiger partial charge < -0.3 is 19.9 Å². The molecule has 7 heteroatoms. The summed E-state index contributed by atoms with van der Waals surface area (Å²) in [5.41, 5.74) is 3.50. The highest BCUT2D eigenvalue weighted by atomic mass is 16.5. The molecule has 0 spiro atoms. The Hall–Kier alpha value is -2.57. The molecule has 0 radical (unpaired) electrons. The van der Waals surface area contributed by atoms with Crippen LogP contribution in [0.3, 0.4) is 0 Å². The number of nitrogens with one attached hydrogen (secondary N) is 2. The third-order valence-electron chi connectivity index (χ3n) is 6.41. The average Bonchev–Trinajstić information content (AvgIpc) is 3.07. The van der Waals surface area contributed by atoms with Gasteiger partial charge in [-0.15, -0.1) is 0 Å². The van der Waals surface area contributed by atoms with Crippen LogP contribution in [0, 0.1) is 19.8 Å². The van der Waals surface area contributed by atoms with Gasteiger partial charge in [-0.1, -0.05) is 11.6 Å². The number of carbonyl (C=O) groups excluding carboxylic acids is 3.